The molecule has 1 aromatic carbocycles. The number of anilines is 1. The van der Waals surface area contributed by atoms with Gasteiger partial charge in [-0.25, -0.2) is 4.98 Å². The molecule has 1 aromatic heterocycles. The van der Waals surface area contributed by atoms with Gasteiger partial charge < -0.3 is 10.6 Å². The Labute approximate surface area is 116 Å². The number of nitrogens with one attached hydrogen (secondary N) is 2. The van der Waals surface area contributed by atoms with E-state index in [0.29, 0.717) is 18.1 Å². The van der Waals surface area contributed by atoms with Gasteiger partial charge in [0.25, 0.3) is 0 Å². The van der Waals surface area contributed by atoms with Gasteiger partial charge in [0.1, 0.15) is 0 Å². The van der Waals surface area contributed by atoms with Crippen LogP contribution in [0.4, 0.5) is 5.13 Å². The number of amides is 1. The van der Waals surface area contributed by atoms with Gasteiger partial charge in [0.15, 0.2) is 5.13 Å². The minimum atomic E-state index is -0.00451. The molecule has 0 fully saturated rings. The summed E-state index contributed by atoms with van der Waals surface area (Å²) in [6.45, 7) is 2.72. The monoisotopic (exact) mass is 285 g/mol. The van der Waals surface area contributed by atoms with Crippen molar-refractivity contribution < 1.29 is 4.79 Å². The molecule has 0 aliphatic carbocycles. The second kappa shape index (κ2) is 6.68. The SMILES string of the molecule is CNCCC(=O)Nc1nc2ccc(C)cc2s1.Cl. The third-order valence-corrected chi connectivity index (χ3v) is 3.33. The zero-order valence-corrected chi connectivity index (χ0v) is 12.0. The number of hydrogen-bond donors (Lipinski definition) is 2. The first-order valence-corrected chi connectivity index (χ1v) is 6.32. The summed E-state index contributed by atoms with van der Waals surface area (Å²) in [5.41, 5.74) is 2.14. The Balaban J connectivity index is 0.00000162. The van der Waals surface area contributed by atoms with E-state index in [0.717, 1.165) is 10.2 Å². The van der Waals surface area contributed by atoms with Gasteiger partial charge in [-0.15, -0.1) is 12.4 Å². The molecule has 0 atom stereocenters. The Kier molecular flexibility index (Phi) is 5.53. The van der Waals surface area contributed by atoms with Gasteiger partial charge in [0.2, 0.25) is 5.91 Å². The topological polar surface area (TPSA) is 54.0 Å². The van der Waals surface area contributed by atoms with E-state index in [1.165, 1.54) is 16.9 Å². The number of thiazole rings is 1. The highest BCUT2D eigenvalue weighted by Gasteiger charge is 2.07. The Morgan fingerprint density at radius 3 is 2.94 bits per heavy atom. The van der Waals surface area contributed by atoms with Gasteiger partial charge in [0.05, 0.1) is 10.2 Å². The maximum atomic E-state index is 11.5. The molecule has 0 spiro atoms. The molecule has 2 N–H and O–H groups in total. The number of fused-ring (bicyclic) bond motifs is 1. The van der Waals surface area contributed by atoms with E-state index < -0.39 is 0 Å². The first-order chi connectivity index (χ1) is 8.19. The average molecular weight is 286 g/mol. The van der Waals surface area contributed by atoms with E-state index in [-0.39, 0.29) is 18.3 Å². The molecule has 2 rings (SSSR count). The average Bonchev–Trinajstić information content (AvgIpc) is 2.67. The zero-order valence-electron chi connectivity index (χ0n) is 10.3. The maximum Gasteiger partial charge on any atom is 0.227 e. The second-order valence-electron chi connectivity index (χ2n) is 3.89. The molecule has 0 saturated heterocycles. The van der Waals surface area contributed by atoms with Crippen LogP contribution in [-0.2, 0) is 4.79 Å². The van der Waals surface area contributed by atoms with Crippen LogP contribution >= 0.6 is 23.7 Å². The molecule has 6 heteroatoms. The highest BCUT2D eigenvalue weighted by Crippen LogP contribution is 2.26. The zero-order chi connectivity index (χ0) is 12.3. The molecule has 0 aliphatic rings. The van der Waals surface area contributed by atoms with E-state index in [4.69, 9.17) is 0 Å². The molecule has 0 bridgehead atoms. The Morgan fingerprint density at radius 2 is 2.22 bits per heavy atom. The van der Waals surface area contributed by atoms with Crippen LogP contribution < -0.4 is 10.6 Å². The predicted molar refractivity (Wildman–Crippen MR) is 78.8 cm³/mol. The van der Waals surface area contributed by atoms with E-state index in [2.05, 4.69) is 21.7 Å². The minimum Gasteiger partial charge on any atom is -0.319 e. The number of aromatic nitrogens is 1. The number of rotatable bonds is 4. The van der Waals surface area contributed by atoms with E-state index in [9.17, 15) is 4.79 Å². The van der Waals surface area contributed by atoms with Crippen molar-refractivity contribution >= 4 is 45.0 Å². The highest BCUT2D eigenvalue weighted by molar-refractivity contribution is 7.22. The second-order valence-corrected chi connectivity index (χ2v) is 4.92. The molecule has 2 aromatic rings. The van der Waals surface area contributed by atoms with Crippen molar-refractivity contribution in [1.29, 1.82) is 0 Å². The van der Waals surface area contributed by atoms with Crippen molar-refractivity contribution in [1.82, 2.24) is 10.3 Å². The van der Waals surface area contributed by atoms with Crippen molar-refractivity contribution in [2.45, 2.75) is 13.3 Å². The van der Waals surface area contributed by atoms with E-state index in [1.54, 1.807) is 0 Å². The number of carbonyl (C=O) groups is 1. The quantitative estimate of drug-likeness (QED) is 0.908. The summed E-state index contributed by atoms with van der Waals surface area (Å²) in [5, 5.41) is 6.43. The predicted octanol–water partition coefficient (Wildman–Crippen LogP) is 2.57. The molecule has 4 nitrogen and oxygen atoms in total. The summed E-state index contributed by atoms with van der Waals surface area (Å²) in [6.07, 6.45) is 0.464. The normalized spacial score (nSPS) is 10.1. The molecule has 18 heavy (non-hydrogen) atoms. The lowest BCUT2D eigenvalue weighted by Gasteiger charge is -1.99. The molecule has 0 saturated carbocycles. The molecular formula is C12H16ClN3OS. The fraction of sp³-hybridized carbons (Fsp3) is 0.333. The van der Waals surface area contributed by atoms with Crippen molar-refractivity contribution in [3.05, 3.63) is 23.8 Å². The maximum absolute atomic E-state index is 11.5. The first-order valence-electron chi connectivity index (χ1n) is 5.50. The molecule has 0 radical (unpaired) electrons. The van der Waals surface area contributed by atoms with Crippen LogP contribution in [0.2, 0.25) is 0 Å². The Bertz CT molecular complexity index is 541. The molecule has 98 valence electrons. The van der Waals surface area contributed by atoms with Crippen molar-refractivity contribution in [3.8, 4) is 0 Å². The molecule has 0 aliphatic heterocycles. The van der Waals surface area contributed by atoms with Gasteiger partial charge in [-0.2, -0.15) is 0 Å². The Hall–Kier alpha value is -1.17. The van der Waals surface area contributed by atoms with Crippen LogP contribution in [0.1, 0.15) is 12.0 Å². The fourth-order valence-corrected chi connectivity index (χ4v) is 2.49. The van der Waals surface area contributed by atoms with E-state index >= 15 is 0 Å². The largest absolute Gasteiger partial charge is 0.319 e. The number of nitrogens with zero attached hydrogens (tertiary/aromatic N) is 1. The van der Waals surface area contributed by atoms with Gasteiger partial charge in [-0.05, 0) is 31.7 Å². The summed E-state index contributed by atoms with van der Waals surface area (Å²) in [4.78, 5) is 15.9. The van der Waals surface area contributed by atoms with Gasteiger partial charge in [-0.3, -0.25) is 4.79 Å². The van der Waals surface area contributed by atoms with Crippen LogP contribution in [0.25, 0.3) is 10.2 Å². The number of hydrogen-bond acceptors (Lipinski definition) is 4. The molecular weight excluding hydrogens is 270 g/mol. The summed E-state index contributed by atoms with van der Waals surface area (Å²) >= 11 is 1.51. The standard InChI is InChI=1S/C12H15N3OS.ClH/c1-8-3-4-9-10(7-8)17-12(14-9)15-11(16)5-6-13-2;/h3-4,7,13H,5-6H2,1-2H3,(H,14,15,16);1H. The lowest BCUT2D eigenvalue weighted by Crippen LogP contribution is -2.18. The van der Waals surface area contributed by atoms with Crippen LogP contribution in [0.5, 0.6) is 0 Å². The van der Waals surface area contributed by atoms with Gasteiger partial charge in [-0.1, -0.05) is 17.4 Å². The number of halogens is 1. The van der Waals surface area contributed by atoms with Crippen molar-refractivity contribution in [3.63, 3.8) is 0 Å². The minimum absolute atomic E-state index is 0. The van der Waals surface area contributed by atoms with Crippen molar-refractivity contribution in [2.24, 2.45) is 0 Å². The number of aryl methyl sites for hydroxylation is 1. The van der Waals surface area contributed by atoms with Crippen LogP contribution in [0, 0.1) is 6.92 Å². The number of benzene rings is 1. The summed E-state index contributed by atoms with van der Waals surface area (Å²) in [5.74, 6) is -0.00451. The smallest absolute Gasteiger partial charge is 0.227 e. The molecule has 1 heterocycles. The van der Waals surface area contributed by atoms with Crippen molar-refractivity contribution in [2.75, 3.05) is 18.9 Å². The summed E-state index contributed by atoms with van der Waals surface area (Å²) in [7, 11) is 1.83. The fourth-order valence-electron chi connectivity index (χ4n) is 1.51. The third-order valence-electron chi connectivity index (χ3n) is 2.39. The van der Waals surface area contributed by atoms with Crippen LogP contribution in [0.15, 0.2) is 18.2 Å². The summed E-state index contributed by atoms with van der Waals surface area (Å²) in [6, 6.07) is 6.08. The third kappa shape index (κ3) is 3.66. The van der Waals surface area contributed by atoms with Gasteiger partial charge >= 0.3 is 0 Å². The molecule has 1 amide bonds. The lowest BCUT2D eigenvalue weighted by atomic mass is 10.2. The van der Waals surface area contributed by atoms with Gasteiger partial charge in [0, 0.05) is 13.0 Å². The Morgan fingerprint density at radius 1 is 1.44 bits per heavy atom. The molecule has 0 unspecified atom stereocenters. The van der Waals surface area contributed by atoms with Crippen LogP contribution in [-0.4, -0.2) is 24.5 Å². The highest BCUT2D eigenvalue weighted by atomic mass is 35.5. The van der Waals surface area contributed by atoms with Crippen LogP contribution in [0.3, 0.4) is 0 Å². The first kappa shape index (κ1) is 14.9. The van der Waals surface area contributed by atoms with E-state index in [1.807, 2.05) is 26.1 Å². The summed E-state index contributed by atoms with van der Waals surface area (Å²) < 4.78 is 1.11. The lowest BCUT2D eigenvalue weighted by molar-refractivity contribution is -0.116. The number of carbonyl (C=O) groups excluding carboxylic acids is 1.